The molecule has 2 rings (SSSR count). The molecule has 0 fully saturated rings. The predicted molar refractivity (Wildman–Crippen MR) is 150 cm³/mol. The number of alkyl carbamates (subject to hydrolysis) is 1. The second-order valence-electron chi connectivity index (χ2n) is 10.3. The molecule has 2 aromatic rings. The van der Waals surface area contributed by atoms with Crippen LogP contribution in [-0.4, -0.2) is 52.5 Å². The van der Waals surface area contributed by atoms with Crippen LogP contribution in [0.15, 0.2) is 54.6 Å². The standard InChI is InChI=1S/C29H41N3O4S/c1-20(2)32(27(34)24(16-17-37-7)31-28(35)36-29(4,5)6)25(23-15-11-12-21(3)18-23)26(33)30-19-22-13-9-8-10-14-22/h8-15,18,20,24-25H,16-17,19H2,1-7H3,(H,30,33)(H,31,35). The molecule has 0 aliphatic carbocycles. The summed E-state index contributed by atoms with van der Waals surface area (Å²) in [6.07, 6.45) is 1.70. The number of hydrogen-bond donors (Lipinski definition) is 2. The van der Waals surface area contributed by atoms with Crippen molar-refractivity contribution in [1.82, 2.24) is 15.5 Å². The molecule has 0 saturated heterocycles. The van der Waals surface area contributed by atoms with Gasteiger partial charge >= 0.3 is 6.09 Å². The van der Waals surface area contributed by atoms with Gasteiger partial charge in [-0.05, 0) is 71.1 Å². The highest BCUT2D eigenvalue weighted by molar-refractivity contribution is 7.98. The van der Waals surface area contributed by atoms with E-state index in [1.807, 2.05) is 81.6 Å². The lowest BCUT2D eigenvalue weighted by Crippen LogP contribution is -2.55. The van der Waals surface area contributed by atoms with Crippen molar-refractivity contribution in [3.63, 3.8) is 0 Å². The maximum absolute atomic E-state index is 14.0. The third kappa shape index (κ3) is 9.76. The Morgan fingerprint density at radius 3 is 2.27 bits per heavy atom. The lowest BCUT2D eigenvalue weighted by molar-refractivity contribution is -0.144. The van der Waals surface area contributed by atoms with E-state index < -0.39 is 23.8 Å². The summed E-state index contributed by atoms with van der Waals surface area (Å²) in [5.41, 5.74) is 1.97. The fourth-order valence-electron chi connectivity index (χ4n) is 3.96. The Morgan fingerprint density at radius 2 is 1.70 bits per heavy atom. The van der Waals surface area contributed by atoms with Crippen molar-refractivity contribution in [2.75, 3.05) is 12.0 Å². The molecule has 0 aromatic heterocycles. The number of nitrogens with one attached hydrogen (secondary N) is 2. The molecule has 202 valence electrons. The van der Waals surface area contributed by atoms with Crippen molar-refractivity contribution in [3.8, 4) is 0 Å². The summed E-state index contributed by atoms with van der Waals surface area (Å²) in [6, 6.07) is 15.3. The van der Waals surface area contributed by atoms with Gasteiger partial charge in [0, 0.05) is 12.6 Å². The fraction of sp³-hybridized carbons (Fsp3) is 0.483. The third-order valence-electron chi connectivity index (χ3n) is 5.60. The van der Waals surface area contributed by atoms with Gasteiger partial charge in [0.25, 0.3) is 0 Å². The zero-order valence-corrected chi connectivity index (χ0v) is 23.9. The Labute approximate surface area is 225 Å². The Morgan fingerprint density at radius 1 is 1.03 bits per heavy atom. The summed E-state index contributed by atoms with van der Waals surface area (Å²) in [4.78, 5) is 41.9. The minimum absolute atomic E-state index is 0.280. The Hall–Kier alpha value is -3.00. The minimum Gasteiger partial charge on any atom is -0.444 e. The average molecular weight is 528 g/mol. The molecule has 0 radical (unpaired) electrons. The van der Waals surface area contributed by atoms with Crippen molar-refractivity contribution in [2.45, 2.75) is 78.2 Å². The topological polar surface area (TPSA) is 87.7 Å². The number of amides is 3. The van der Waals surface area contributed by atoms with Crippen LogP contribution in [0, 0.1) is 6.92 Å². The maximum atomic E-state index is 14.0. The van der Waals surface area contributed by atoms with Gasteiger partial charge in [-0.3, -0.25) is 9.59 Å². The van der Waals surface area contributed by atoms with E-state index in [4.69, 9.17) is 4.74 Å². The Bertz CT molecular complexity index is 1040. The van der Waals surface area contributed by atoms with Crippen molar-refractivity contribution < 1.29 is 19.1 Å². The van der Waals surface area contributed by atoms with Gasteiger partial charge in [-0.1, -0.05) is 60.2 Å². The van der Waals surface area contributed by atoms with Crippen LogP contribution in [0.1, 0.15) is 63.8 Å². The molecular weight excluding hydrogens is 486 g/mol. The molecule has 0 bridgehead atoms. The molecule has 37 heavy (non-hydrogen) atoms. The van der Waals surface area contributed by atoms with Gasteiger partial charge in [0.2, 0.25) is 11.8 Å². The van der Waals surface area contributed by atoms with Crippen LogP contribution in [0.25, 0.3) is 0 Å². The summed E-state index contributed by atoms with van der Waals surface area (Å²) in [5, 5.41) is 5.77. The van der Waals surface area contributed by atoms with Crippen LogP contribution < -0.4 is 10.6 Å². The summed E-state index contributed by atoms with van der Waals surface area (Å²) in [5.74, 6) is 0.0571. The van der Waals surface area contributed by atoms with Crippen LogP contribution >= 0.6 is 11.8 Å². The normalized spacial score (nSPS) is 13.0. The predicted octanol–water partition coefficient (Wildman–Crippen LogP) is 5.24. The van der Waals surface area contributed by atoms with Gasteiger partial charge in [0.1, 0.15) is 17.7 Å². The summed E-state index contributed by atoms with van der Waals surface area (Å²) in [6.45, 7) is 11.4. The molecule has 0 aliphatic heterocycles. The van der Waals surface area contributed by atoms with Crippen molar-refractivity contribution in [2.24, 2.45) is 0 Å². The second-order valence-corrected chi connectivity index (χ2v) is 11.3. The van der Waals surface area contributed by atoms with Crippen molar-refractivity contribution >= 4 is 29.7 Å². The summed E-state index contributed by atoms with van der Waals surface area (Å²) >= 11 is 1.58. The number of nitrogens with zero attached hydrogens (tertiary/aromatic N) is 1. The lowest BCUT2D eigenvalue weighted by Gasteiger charge is -2.37. The number of rotatable bonds is 11. The van der Waals surface area contributed by atoms with Crippen LogP contribution in [-0.2, 0) is 20.9 Å². The number of benzene rings is 2. The average Bonchev–Trinajstić information content (AvgIpc) is 2.82. The van der Waals surface area contributed by atoms with Gasteiger partial charge in [0.15, 0.2) is 0 Å². The van der Waals surface area contributed by atoms with E-state index in [1.54, 1.807) is 37.4 Å². The van der Waals surface area contributed by atoms with Gasteiger partial charge in [-0.2, -0.15) is 11.8 Å². The van der Waals surface area contributed by atoms with E-state index in [2.05, 4.69) is 10.6 Å². The second kappa shape index (κ2) is 14.1. The van der Waals surface area contributed by atoms with Gasteiger partial charge in [0.05, 0.1) is 0 Å². The summed E-state index contributed by atoms with van der Waals surface area (Å²) in [7, 11) is 0. The molecule has 7 nitrogen and oxygen atoms in total. The van der Waals surface area contributed by atoms with Crippen LogP contribution in [0.3, 0.4) is 0 Å². The van der Waals surface area contributed by atoms with Gasteiger partial charge in [-0.15, -0.1) is 0 Å². The Balaban J connectivity index is 2.42. The van der Waals surface area contributed by atoms with Gasteiger partial charge < -0.3 is 20.3 Å². The number of aryl methyl sites for hydroxylation is 1. The number of carbonyl (C=O) groups is 3. The fourth-order valence-corrected chi connectivity index (χ4v) is 4.43. The maximum Gasteiger partial charge on any atom is 0.408 e. The molecule has 2 unspecified atom stereocenters. The first-order valence-electron chi connectivity index (χ1n) is 12.6. The molecule has 3 amide bonds. The van der Waals surface area contributed by atoms with E-state index >= 15 is 0 Å². The molecule has 2 N–H and O–H groups in total. The molecule has 8 heteroatoms. The first-order chi connectivity index (χ1) is 17.4. The first kappa shape index (κ1) is 30.2. The molecule has 2 atom stereocenters. The molecule has 0 spiro atoms. The monoisotopic (exact) mass is 527 g/mol. The van der Waals surface area contributed by atoms with E-state index in [0.717, 1.165) is 11.1 Å². The smallest absolute Gasteiger partial charge is 0.408 e. The molecular formula is C29H41N3O4S. The Kier molecular flexibility index (Phi) is 11.5. The highest BCUT2D eigenvalue weighted by Gasteiger charge is 2.37. The van der Waals surface area contributed by atoms with Crippen LogP contribution in [0.5, 0.6) is 0 Å². The highest BCUT2D eigenvalue weighted by atomic mass is 32.2. The molecule has 2 aromatic carbocycles. The first-order valence-corrected chi connectivity index (χ1v) is 14.0. The summed E-state index contributed by atoms with van der Waals surface area (Å²) < 4.78 is 5.43. The van der Waals surface area contributed by atoms with E-state index in [9.17, 15) is 14.4 Å². The quantitative estimate of drug-likeness (QED) is 0.418. The van der Waals surface area contributed by atoms with Gasteiger partial charge in [-0.25, -0.2) is 4.79 Å². The van der Waals surface area contributed by atoms with E-state index in [0.29, 0.717) is 24.3 Å². The van der Waals surface area contributed by atoms with Crippen molar-refractivity contribution in [3.05, 3.63) is 71.3 Å². The van der Waals surface area contributed by atoms with Crippen LogP contribution in [0.4, 0.5) is 4.79 Å². The van der Waals surface area contributed by atoms with E-state index in [-0.39, 0.29) is 17.9 Å². The third-order valence-corrected chi connectivity index (χ3v) is 6.25. The number of thioether (sulfide) groups is 1. The number of carbonyl (C=O) groups excluding carboxylic acids is 3. The zero-order chi connectivity index (χ0) is 27.6. The SMILES string of the molecule is CSCCC(NC(=O)OC(C)(C)C)C(=O)N(C(C)C)C(C(=O)NCc1ccccc1)c1cccc(C)c1. The minimum atomic E-state index is -0.867. The van der Waals surface area contributed by atoms with Crippen LogP contribution in [0.2, 0.25) is 0 Å². The highest BCUT2D eigenvalue weighted by Crippen LogP contribution is 2.26. The largest absolute Gasteiger partial charge is 0.444 e. The molecule has 0 heterocycles. The number of ether oxygens (including phenoxy) is 1. The van der Waals surface area contributed by atoms with Crippen molar-refractivity contribution in [1.29, 1.82) is 0 Å². The lowest BCUT2D eigenvalue weighted by atomic mass is 9.99. The zero-order valence-electron chi connectivity index (χ0n) is 23.0. The number of hydrogen-bond acceptors (Lipinski definition) is 5. The van der Waals surface area contributed by atoms with E-state index in [1.165, 1.54) is 0 Å². The molecule has 0 aliphatic rings. The molecule has 0 saturated carbocycles.